The van der Waals surface area contributed by atoms with Crippen LogP contribution in [0.5, 0.6) is 0 Å². The fourth-order valence-corrected chi connectivity index (χ4v) is 1.56. The van der Waals surface area contributed by atoms with Crippen molar-refractivity contribution in [2.45, 2.75) is 0 Å². The number of nitrogens with zero attached hydrogens (tertiary/aromatic N) is 2. The third kappa shape index (κ3) is 5.56. The van der Waals surface area contributed by atoms with Crippen LogP contribution < -0.4 is 11.1 Å². The molecule has 0 bridgehead atoms. The van der Waals surface area contributed by atoms with Gasteiger partial charge < -0.3 is 20.7 Å². The molecule has 1 rings (SSSR count). The summed E-state index contributed by atoms with van der Waals surface area (Å²) in [6, 6.07) is 0. The standard InChI is InChI=1S/C9H18N4OS/c1-13(2)4-6-14-5-3-11-9-12-7-8(10)15-9/h7H,3-6,10H2,1-2H3,(H,11,12). The van der Waals surface area contributed by atoms with Crippen LogP contribution in [0.4, 0.5) is 10.1 Å². The Morgan fingerprint density at radius 1 is 1.53 bits per heavy atom. The zero-order valence-corrected chi connectivity index (χ0v) is 10.0. The number of rotatable bonds is 7. The van der Waals surface area contributed by atoms with E-state index in [4.69, 9.17) is 10.5 Å². The highest BCUT2D eigenvalue weighted by Crippen LogP contribution is 2.18. The summed E-state index contributed by atoms with van der Waals surface area (Å²) in [4.78, 5) is 6.17. The molecule has 5 nitrogen and oxygen atoms in total. The van der Waals surface area contributed by atoms with Crippen molar-refractivity contribution < 1.29 is 4.74 Å². The lowest BCUT2D eigenvalue weighted by atomic mass is 10.6. The first kappa shape index (κ1) is 12.2. The highest BCUT2D eigenvalue weighted by Gasteiger charge is 1.97. The normalized spacial score (nSPS) is 10.9. The zero-order chi connectivity index (χ0) is 11.1. The quantitative estimate of drug-likeness (QED) is 0.676. The summed E-state index contributed by atoms with van der Waals surface area (Å²) in [5.74, 6) is 0. The molecule has 0 spiro atoms. The largest absolute Gasteiger partial charge is 0.389 e. The molecule has 0 aliphatic rings. The highest BCUT2D eigenvalue weighted by atomic mass is 32.1. The van der Waals surface area contributed by atoms with E-state index >= 15 is 0 Å². The van der Waals surface area contributed by atoms with Crippen LogP contribution in [0.1, 0.15) is 0 Å². The Hall–Kier alpha value is -0.850. The van der Waals surface area contributed by atoms with Crippen LogP contribution in [0.15, 0.2) is 6.20 Å². The van der Waals surface area contributed by atoms with Crippen LogP contribution in [0.3, 0.4) is 0 Å². The van der Waals surface area contributed by atoms with E-state index in [1.165, 1.54) is 11.3 Å². The molecule has 86 valence electrons. The molecule has 0 radical (unpaired) electrons. The lowest BCUT2D eigenvalue weighted by Crippen LogP contribution is -2.19. The van der Waals surface area contributed by atoms with Gasteiger partial charge in [0.05, 0.1) is 19.4 Å². The van der Waals surface area contributed by atoms with E-state index in [1.54, 1.807) is 6.20 Å². The minimum absolute atomic E-state index is 0.688. The van der Waals surface area contributed by atoms with Crippen molar-refractivity contribution in [3.05, 3.63) is 6.20 Å². The van der Waals surface area contributed by atoms with Gasteiger partial charge in [-0.05, 0) is 14.1 Å². The van der Waals surface area contributed by atoms with Crippen LogP contribution in [0.25, 0.3) is 0 Å². The number of anilines is 2. The predicted molar refractivity (Wildman–Crippen MR) is 64.4 cm³/mol. The minimum Gasteiger partial charge on any atom is -0.389 e. The van der Waals surface area contributed by atoms with Gasteiger partial charge in [-0.1, -0.05) is 11.3 Å². The molecule has 0 aromatic carbocycles. The van der Waals surface area contributed by atoms with Crippen LogP contribution >= 0.6 is 11.3 Å². The molecule has 0 unspecified atom stereocenters. The Balaban J connectivity index is 1.98. The maximum atomic E-state index is 5.54. The number of nitrogens with two attached hydrogens (primary N) is 1. The summed E-state index contributed by atoms with van der Waals surface area (Å²) >= 11 is 1.45. The van der Waals surface area contributed by atoms with Gasteiger partial charge in [-0.25, -0.2) is 4.98 Å². The van der Waals surface area contributed by atoms with Crippen molar-refractivity contribution in [1.82, 2.24) is 9.88 Å². The van der Waals surface area contributed by atoms with Crippen molar-refractivity contribution >= 4 is 21.5 Å². The summed E-state index contributed by atoms with van der Waals surface area (Å²) in [7, 11) is 4.06. The third-order valence-electron chi connectivity index (χ3n) is 1.73. The lowest BCUT2D eigenvalue weighted by molar-refractivity contribution is 0.126. The second-order valence-corrected chi connectivity index (χ2v) is 4.47. The summed E-state index contributed by atoms with van der Waals surface area (Å²) in [5.41, 5.74) is 5.54. The summed E-state index contributed by atoms with van der Waals surface area (Å²) in [6.45, 7) is 3.16. The molecule has 15 heavy (non-hydrogen) atoms. The first-order valence-electron chi connectivity index (χ1n) is 4.86. The lowest BCUT2D eigenvalue weighted by Gasteiger charge is -2.09. The van der Waals surface area contributed by atoms with Gasteiger partial charge in [0.2, 0.25) is 0 Å². The van der Waals surface area contributed by atoms with E-state index in [9.17, 15) is 0 Å². The second-order valence-electron chi connectivity index (χ2n) is 3.41. The number of thiazole rings is 1. The molecule has 0 amide bonds. The summed E-state index contributed by atoms with van der Waals surface area (Å²) in [5, 5.41) is 4.72. The van der Waals surface area contributed by atoms with Gasteiger partial charge in [0.25, 0.3) is 0 Å². The molecular weight excluding hydrogens is 212 g/mol. The Bertz CT molecular complexity index is 277. The molecule has 1 heterocycles. The van der Waals surface area contributed by atoms with Crippen LogP contribution in [0.2, 0.25) is 0 Å². The van der Waals surface area contributed by atoms with Gasteiger partial charge in [0.1, 0.15) is 5.00 Å². The van der Waals surface area contributed by atoms with Gasteiger partial charge in [0.15, 0.2) is 5.13 Å². The van der Waals surface area contributed by atoms with Gasteiger partial charge in [-0.3, -0.25) is 0 Å². The van der Waals surface area contributed by atoms with Crippen molar-refractivity contribution in [3.63, 3.8) is 0 Å². The Kier molecular flexibility index (Phi) is 5.38. The van der Waals surface area contributed by atoms with Crippen molar-refractivity contribution in [3.8, 4) is 0 Å². The number of nitrogen functional groups attached to an aromatic ring is 1. The number of nitrogens with one attached hydrogen (secondary N) is 1. The molecule has 6 heteroatoms. The third-order valence-corrected chi connectivity index (χ3v) is 2.51. The fourth-order valence-electron chi connectivity index (χ4n) is 0.948. The fraction of sp³-hybridized carbons (Fsp3) is 0.667. The number of hydrogen-bond acceptors (Lipinski definition) is 6. The van der Waals surface area contributed by atoms with Crippen LogP contribution in [-0.2, 0) is 4.74 Å². The van der Waals surface area contributed by atoms with E-state index in [0.29, 0.717) is 6.61 Å². The molecule has 0 saturated carbocycles. The highest BCUT2D eigenvalue weighted by molar-refractivity contribution is 7.19. The van der Waals surface area contributed by atoms with Gasteiger partial charge in [0, 0.05) is 13.1 Å². The van der Waals surface area contributed by atoms with Crippen LogP contribution in [-0.4, -0.2) is 50.3 Å². The average molecular weight is 230 g/mol. The zero-order valence-electron chi connectivity index (χ0n) is 9.19. The van der Waals surface area contributed by atoms with Crippen molar-refractivity contribution in [2.24, 2.45) is 0 Å². The molecule has 1 aromatic heterocycles. The number of likely N-dealkylation sites (N-methyl/N-ethyl adjacent to an activating group) is 1. The maximum absolute atomic E-state index is 5.54. The van der Waals surface area contributed by atoms with Crippen molar-refractivity contribution in [2.75, 3.05) is 51.4 Å². The topological polar surface area (TPSA) is 63.4 Å². The Morgan fingerprint density at radius 2 is 2.33 bits per heavy atom. The monoisotopic (exact) mass is 230 g/mol. The second kappa shape index (κ2) is 6.60. The molecule has 0 fully saturated rings. The van der Waals surface area contributed by atoms with E-state index in [1.807, 2.05) is 14.1 Å². The van der Waals surface area contributed by atoms with E-state index in [0.717, 1.165) is 29.8 Å². The van der Waals surface area contributed by atoms with Gasteiger partial charge in [-0.15, -0.1) is 0 Å². The van der Waals surface area contributed by atoms with E-state index < -0.39 is 0 Å². The SMILES string of the molecule is CN(C)CCOCCNc1ncc(N)s1. The maximum Gasteiger partial charge on any atom is 0.184 e. The van der Waals surface area contributed by atoms with Gasteiger partial charge >= 0.3 is 0 Å². The average Bonchev–Trinajstić information content (AvgIpc) is 2.57. The number of hydrogen-bond donors (Lipinski definition) is 2. The smallest absolute Gasteiger partial charge is 0.184 e. The van der Waals surface area contributed by atoms with Crippen molar-refractivity contribution in [1.29, 1.82) is 0 Å². The molecule has 0 atom stereocenters. The number of ether oxygens (including phenoxy) is 1. The first-order chi connectivity index (χ1) is 7.18. The summed E-state index contributed by atoms with van der Waals surface area (Å²) < 4.78 is 5.41. The number of aromatic nitrogens is 1. The molecule has 0 saturated heterocycles. The molecule has 0 aliphatic heterocycles. The van der Waals surface area contributed by atoms with E-state index in [-0.39, 0.29) is 0 Å². The molecule has 1 aromatic rings. The summed E-state index contributed by atoms with van der Waals surface area (Å²) in [6.07, 6.45) is 1.65. The van der Waals surface area contributed by atoms with Gasteiger partial charge in [-0.2, -0.15) is 0 Å². The Morgan fingerprint density at radius 3 is 2.93 bits per heavy atom. The Labute approximate surface area is 94.2 Å². The minimum atomic E-state index is 0.688. The predicted octanol–water partition coefficient (Wildman–Crippen LogP) is 0.715. The molecular formula is C9H18N4OS. The van der Waals surface area contributed by atoms with Crippen LogP contribution in [0, 0.1) is 0 Å². The van der Waals surface area contributed by atoms with E-state index in [2.05, 4.69) is 15.2 Å². The molecule has 0 aliphatic carbocycles. The molecule has 3 N–H and O–H groups in total. The first-order valence-corrected chi connectivity index (χ1v) is 5.68.